The number of halogens is 1. The van der Waals surface area contributed by atoms with Crippen molar-refractivity contribution in [1.29, 1.82) is 0 Å². The van der Waals surface area contributed by atoms with Crippen molar-refractivity contribution in [1.82, 2.24) is 4.90 Å². The highest BCUT2D eigenvalue weighted by Gasteiger charge is 2.34. The fourth-order valence-corrected chi connectivity index (χ4v) is 3.75. The molecule has 0 aromatic heterocycles. The Balaban J connectivity index is 1.68. The molecule has 6 nitrogen and oxygen atoms in total. The predicted octanol–water partition coefficient (Wildman–Crippen LogP) is 4.24. The van der Waals surface area contributed by atoms with Crippen molar-refractivity contribution in [3.8, 4) is 5.75 Å². The van der Waals surface area contributed by atoms with Gasteiger partial charge in [0.15, 0.2) is 6.61 Å². The molecule has 3 rings (SSSR count). The third kappa shape index (κ3) is 5.02. The summed E-state index contributed by atoms with van der Waals surface area (Å²) >= 11 is 4.30. The first-order chi connectivity index (χ1) is 13.5. The number of esters is 1. The highest BCUT2D eigenvalue weighted by molar-refractivity contribution is 9.10. The van der Waals surface area contributed by atoms with E-state index in [2.05, 4.69) is 20.7 Å². The third-order valence-corrected chi connectivity index (χ3v) is 5.27. The van der Waals surface area contributed by atoms with Crippen LogP contribution in [0.5, 0.6) is 5.75 Å². The molecule has 144 valence electrons. The molecule has 1 fully saturated rings. The maximum absolute atomic E-state index is 12.6. The van der Waals surface area contributed by atoms with E-state index in [1.54, 1.807) is 30.3 Å². The van der Waals surface area contributed by atoms with Crippen LogP contribution in [0.15, 0.2) is 57.9 Å². The van der Waals surface area contributed by atoms with E-state index in [0.717, 1.165) is 27.4 Å². The number of benzene rings is 2. The second-order valence-corrected chi connectivity index (χ2v) is 7.74. The lowest BCUT2D eigenvalue weighted by atomic mass is 10.2. The van der Waals surface area contributed by atoms with Crippen LogP contribution < -0.4 is 4.74 Å². The van der Waals surface area contributed by atoms with Gasteiger partial charge in [0.05, 0.1) is 18.6 Å². The number of hydrogen-bond donors (Lipinski definition) is 0. The number of carbonyl (C=O) groups excluding carboxylic acids is 3. The largest absolute Gasteiger partial charge is 0.482 e. The van der Waals surface area contributed by atoms with E-state index in [-0.39, 0.29) is 24.3 Å². The normalized spacial score (nSPS) is 15.2. The van der Waals surface area contributed by atoms with Crippen LogP contribution in [0.25, 0.3) is 6.08 Å². The molecule has 0 aliphatic carbocycles. The van der Waals surface area contributed by atoms with Crippen LogP contribution in [0.3, 0.4) is 0 Å². The van der Waals surface area contributed by atoms with Crippen LogP contribution in [0.4, 0.5) is 4.79 Å². The number of hydrogen-bond acceptors (Lipinski definition) is 6. The summed E-state index contributed by atoms with van der Waals surface area (Å²) in [5.41, 5.74) is 1.61. The van der Waals surface area contributed by atoms with Gasteiger partial charge in [-0.05, 0) is 53.2 Å². The van der Waals surface area contributed by atoms with Gasteiger partial charge in [0.25, 0.3) is 11.1 Å². The molecule has 0 N–H and O–H groups in total. The zero-order chi connectivity index (χ0) is 20.1. The van der Waals surface area contributed by atoms with Crippen LogP contribution in [-0.2, 0) is 20.9 Å². The van der Waals surface area contributed by atoms with Crippen molar-refractivity contribution in [3.05, 3.63) is 69.0 Å². The van der Waals surface area contributed by atoms with E-state index >= 15 is 0 Å². The van der Waals surface area contributed by atoms with Crippen molar-refractivity contribution in [2.24, 2.45) is 0 Å². The molecule has 1 heterocycles. The zero-order valence-electron chi connectivity index (χ0n) is 14.9. The summed E-state index contributed by atoms with van der Waals surface area (Å²) in [6.45, 7) is 0.0477. The van der Waals surface area contributed by atoms with E-state index in [0.29, 0.717) is 10.7 Å². The van der Waals surface area contributed by atoms with Gasteiger partial charge in [0.2, 0.25) is 0 Å². The first-order valence-corrected chi connectivity index (χ1v) is 9.86. The summed E-state index contributed by atoms with van der Waals surface area (Å²) in [6.07, 6.45) is 1.66. The molecule has 1 saturated heterocycles. The van der Waals surface area contributed by atoms with Gasteiger partial charge in [-0.3, -0.25) is 14.5 Å². The minimum Gasteiger partial charge on any atom is -0.482 e. The molecule has 0 radical (unpaired) electrons. The number of imide groups is 1. The topological polar surface area (TPSA) is 72.9 Å². The number of ether oxygens (including phenoxy) is 2. The van der Waals surface area contributed by atoms with Crippen LogP contribution >= 0.6 is 27.7 Å². The second kappa shape index (κ2) is 9.07. The first-order valence-electron chi connectivity index (χ1n) is 8.26. The molecule has 1 aliphatic rings. The molecule has 8 heteroatoms. The quantitative estimate of drug-likeness (QED) is 0.473. The van der Waals surface area contributed by atoms with Crippen molar-refractivity contribution in [3.63, 3.8) is 0 Å². The van der Waals surface area contributed by atoms with Crippen LogP contribution in [0.1, 0.15) is 11.1 Å². The Morgan fingerprint density at radius 2 is 1.93 bits per heavy atom. The highest BCUT2D eigenvalue weighted by Crippen LogP contribution is 2.33. The summed E-state index contributed by atoms with van der Waals surface area (Å²) in [4.78, 5) is 37.6. The zero-order valence-corrected chi connectivity index (χ0v) is 17.3. The molecule has 0 spiro atoms. The maximum Gasteiger partial charge on any atom is 0.343 e. The van der Waals surface area contributed by atoms with Gasteiger partial charge < -0.3 is 9.47 Å². The summed E-state index contributed by atoms with van der Waals surface area (Å²) in [7, 11) is 1.29. The monoisotopic (exact) mass is 461 g/mol. The lowest BCUT2D eigenvalue weighted by Gasteiger charge is -2.12. The Labute approximate surface area is 174 Å². The Morgan fingerprint density at radius 3 is 2.61 bits per heavy atom. The molecule has 0 saturated carbocycles. The van der Waals surface area contributed by atoms with Gasteiger partial charge in [-0.2, -0.15) is 0 Å². The molecule has 0 bridgehead atoms. The van der Waals surface area contributed by atoms with Gasteiger partial charge in [0, 0.05) is 4.47 Å². The smallest absolute Gasteiger partial charge is 0.343 e. The lowest BCUT2D eigenvalue weighted by molar-refractivity contribution is -0.142. The minimum absolute atomic E-state index is 0.176. The molecule has 1 aliphatic heterocycles. The van der Waals surface area contributed by atoms with Gasteiger partial charge in [-0.25, -0.2) is 4.79 Å². The number of carbonyl (C=O) groups is 3. The molecule has 0 unspecified atom stereocenters. The first kappa shape index (κ1) is 20.2. The van der Waals surface area contributed by atoms with E-state index in [4.69, 9.17) is 4.74 Å². The third-order valence-electron chi connectivity index (χ3n) is 3.87. The standard InChI is InChI=1S/C20H16BrNO5S/c1-26-18(23)12-27-16-7-5-13(6-8-16)10-17-19(24)22(20(25)28-17)11-14-3-2-4-15(21)9-14/h2-10H,11-12H2,1H3/b17-10-. The highest BCUT2D eigenvalue weighted by atomic mass is 79.9. The summed E-state index contributed by atoms with van der Waals surface area (Å²) in [5, 5.41) is -0.297. The molecule has 2 aromatic rings. The Kier molecular flexibility index (Phi) is 6.53. The van der Waals surface area contributed by atoms with Crippen molar-refractivity contribution in [2.75, 3.05) is 13.7 Å². The molecule has 2 aromatic carbocycles. The Hall–Kier alpha value is -2.58. The lowest BCUT2D eigenvalue weighted by Crippen LogP contribution is -2.27. The summed E-state index contributed by atoms with van der Waals surface area (Å²) in [5.74, 6) is -0.283. The molecule has 28 heavy (non-hydrogen) atoms. The fourth-order valence-electron chi connectivity index (χ4n) is 2.47. The van der Waals surface area contributed by atoms with Gasteiger partial charge in [0.1, 0.15) is 5.75 Å². The van der Waals surface area contributed by atoms with Gasteiger partial charge >= 0.3 is 5.97 Å². The minimum atomic E-state index is -0.469. The summed E-state index contributed by atoms with van der Waals surface area (Å²) < 4.78 is 10.7. The summed E-state index contributed by atoms with van der Waals surface area (Å²) in [6, 6.07) is 14.3. The number of thioether (sulfide) groups is 1. The van der Waals surface area contributed by atoms with E-state index in [1.165, 1.54) is 12.0 Å². The van der Waals surface area contributed by atoms with Crippen molar-refractivity contribution < 1.29 is 23.9 Å². The van der Waals surface area contributed by atoms with Gasteiger partial charge in [-0.1, -0.05) is 40.2 Å². The number of rotatable bonds is 6. The van der Waals surface area contributed by atoms with Crippen LogP contribution in [0.2, 0.25) is 0 Å². The Bertz CT molecular complexity index is 942. The molecule has 2 amide bonds. The molecule has 0 atom stereocenters. The van der Waals surface area contributed by atoms with Crippen LogP contribution in [-0.4, -0.2) is 35.7 Å². The number of amides is 2. The van der Waals surface area contributed by atoms with E-state index in [1.807, 2.05) is 24.3 Å². The average molecular weight is 462 g/mol. The maximum atomic E-state index is 12.6. The second-order valence-electron chi connectivity index (χ2n) is 5.83. The average Bonchev–Trinajstić information content (AvgIpc) is 2.94. The number of nitrogens with zero attached hydrogens (tertiary/aromatic N) is 1. The fraction of sp³-hybridized carbons (Fsp3) is 0.150. The van der Waals surface area contributed by atoms with Crippen molar-refractivity contribution in [2.45, 2.75) is 6.54 Å². The van der Waals surface area contributed by atoms with Crippen molar-refractivity contribution >= 4 is 50.9 Å². The molecular weight excluding hydrogens is 446 g/mol. The molecular formula is C20H16BrNO5S. The SMILES string of the molecule is COC(=O)COc1ccc(/C=C2\SC(=O)N(Cc3cccc(Br)c3)C2=O)cc1. The van der Waals surface area contributed by atoms with Crippen LogP contribution in [0, 0.1) is 0 Å². The van der Waals surface area contributed by atoms with E-state index in [9.17, 15) is 14.4 Å². The number of methoxy groups -OCH3 is 1. The Morgan fingerprint density at radius 1 is 1.18 bits per heavy atom. The van der Waals surface area contributed by atoms with E-state index < -0.39 is 5.97 Å². The van der Waals surface area contributed by atoms with Gasteiger partial charge in [-0.15, -0.1) is 0 Å². The predicted molar refractivity (Wildman–Crippen MR) is 110 cm³/mol.